The first-order valence-electron chi connectivity index (χ1n) is 17.5. The first-order chi connectivity index (χ1) is 22.6. The summed E-state index contributed by atoms with van der Waals surface area (Å²) in [6, 6.07) is -3.86. The van der Waals surface area contributed by atoms with E-state index >= 15 is 0 Å². The molecular weight excluding hydrogens is 614 g/mol. The molecule has 1 aliphatic heterocycles. The molecule has 2 aliphatic carbocycles. The van der Waals surface area contributed by atoms with Crippen molar-refractivity contribution in [2.45, 2.75) is 123 Å². The molecule has 1 aromatic heterocycles. The number of likely N-dealkylation sites (tertiary alicyclic amines) is 1. The van der Waals surface area contributed by atoms with Gasteiger partial charge in [0.05, 0.1) is 12.2 Å². The zero-order valence-electron chi connectivity index (χ0n) is 29.0. The maximum atomic E-state index is 14.5. The molecule has 13 nitrogen and oxygen atoms in total. The van der Waals surface area contributed by atoms with Crippen molar-refractivity contribution in [2.24, 2.45) is 34.8 Å². The van der Waals surface area contributed by atoms with Gasteiger partial charge in [0.25, 0.3) is 11.8 Å². The van der Waals surface area contributed by atoms with Gasteiger partial charge in [-0.1, -0.05) is 66.7 Å². The Bertz CT molecular complexity index is 1340. The largest absolute Gasteiger partial charge is 0.363 e. The van der Waals surface area contributed by atoms with Crippen molar-refractivity contribution in [2.75, 3.05) is 6.54 Å². The van der Waals surface area contributed by atoms with Crippen LogP contribution in [-0.2, 0) is 24.0 Å². The summed E-state index contributed by atoms with van der Waals surface area (Å²) in [5.41, 5.74) is 4.64. The maximum Gasteiger partial charge on any atom is 0.287 e. The molecule has 3 fully saturated rings. The van der Waals surface area contributed by atoms with E-state index in [-0.39, 0.29) is 23.4 Å². The molecule has 0 spiro atoms. The molecule has 0 bridgehead atoms. The van der Waals surface area contributed by atoms with Gasteiger partial charge in [-0.3, -0.25) is 33.8 Å². The minimum absolute atomic E-state index is 0.0241. The zero-order chi connectivity index (χ0) is 35.2. The average Bonchev–Trinajstić information content (AvgIpc) is 3.77. The molecule has 264 valence electrons. The molecule has 5 N–H and O–H groups in total. The third-order valence-electron chi connectivity index (χ3n) is 9.81. The third kappa shape index (κ3) is 9.82. The average molecular weight is 668 g/mol. The molecular formula is C35H53N7O6. The number of primary amides is 1. The monoisotopic (exact) mass is 667 g/mol. The predicted octanol–water partition coefficient (Wildman–Crippen LogP) is 2.29. The van der Waals surface area contributed by atoms with Gasteiger partial charge >= 0.3 is 0 Å². The highest BCUT2D eigenvalue weighted by atomic mass is 16.2. The van der Waals surface area contributed by atoms with E-state index in [4.69, 9.17) is 5.73 Å². The Morgan fingerprint density at radius 1 is 0.917 bits per heavy atom. The number of amides is 5. The Balaban J connectivity index is 1.58. The van der Waals surface area contributed by atoms with Crippen molar-refractivity contribution < 1.29 is 28.8 Å². The van der Waals surface area contributed by atoms with Crippen molar-refractivity contribution in [3.05, 3.63) is 24.3 Å². The zero-order valence-corrected chi connectivity index (χ0v) is 29.0. The molecule has 5 atom stereocenters. The minimum Gasteiger partial charge on any atom is -0.363 e. The lowest BCUT2D eigenvalue weighted by Crippen LogP contribution is -2.62. The van der Waals surface area contributed by atoms with Crippen LogP contribution in [0.15, 0.2) is 18.6 Å². The van der Waals surface area contributed by atoms with Crippen molar-refractivity contribution in [1.29, 1.82) is 0 Å². The second-order valence-corrected chi connectivity index (χ2v) is 15.5. The van der Waals surface area contributed by atoms with Crippen LogP contribution in [0.1, 0.15) is 109 Å². The Kier molecular flexibility index (Phi) is 12.3. The van der Waals surface area contributed by atoms with Gasteiger partial charge in [-0.15, -0.1) is 0 Å². The van der Waals surface area contributed by atoms with Gasteiger partial charge in [0.2, 0.25) is 23.5 Å². The van der Waals surface area contributed by atoms with Gasteiger partial charge in [-0.2, -0.15) is 0 Å². The fraction of sp³-hybridized carbons (Fsp3) is 0.714. The van der Waals surface area contributed by atoms with Crippen LogP contribution >= 0.6 is 0 Å². The normalized spacial score (nSPS) is 22.0. The van der Waals surface area contributed by atoms with Crippen LogP contribution in [0.2, 0.25) is 0 Å². The second-order valence-electron chi connectivity index (χ2n) is 15.5. The van der Waals surface area contributed by atoms with E-state index in [0.29, 0.717) is 25.3 Å². The number of carbonyl (C=O) groups is 6. The van der Waals surface area contributed by atoms with Gasteiger partial charge < -0.3 is 26.6 Å². The number of nitrogens with zero attached hydrogens (tertiary/aromatic N) is 3. The third-order valence-corrected chi connectivity index (χ3v) is 9.81. The molecule has 0 aromatic carbocycles. The van der Waals surface area contributed by atoms with Gasteiger partial charge in [-0.25, -0.2) is 4.98 Å². The number of ketones is 1. The number of hydrogen-bond acceptors (Lipinski definition) is 8. The summed E-state index contributed by atoms with van der Waals surface area (Å²) in [5, 5.41) is 8.61. The Hall–Kier alpha value is -3.90. The van der Waals surface area contributed by atoms with Gasteiger partial charge in [-0.05, 0) is 61.2 Å². The summed E-state index contributed by atoms with van der Waals surface area (Å²) in [5.74, 6) is -3.41. The summed E-state index contributed by atoms with van der Waals surface area (Å²) in [7, 11) is 0. The van der Waals surface area contributed by atoms with E-state index < -0.39 is 64.9 Å². The van der Waals surface area contributed by atoms with Crippen LogP contribution in [0.25, 0.3) is 0 Å². The molecule has 5 amide bonds. The molecule has 48 heavy (non-hydrogen) atoms. The van der Waals surface area contributed by atoms with E-state index in [2.05, 4.69) is 39.8 Å². The topological polar surface area (TPSA) is 194 Å². The number of Topliss-reactive ketones (excluding diaryl/α,β-unsaturated/α-hetero) is 1. The Morgan fingerprint density at radius 3 is 2.17 bits per heavy atom. The molecule has 1 unspecified atom stereocenters. The van der Waals surface area contributed by atoms with Crippen LogP contribution in [0.5, 0.6) is 0 Å². The SMILES string of the molecule is CC(C)C[C@@H]1C[C@@H](C(=O)NC(CC2CC2)C(=O)C(N)=O)N(C(=O)[C@@H](NC(=O)[C@@H](NC(=O)c2cnccn2)C2CCCCC2)C(C)(C)C)C1. The first kappa shape index (κ1) is 36.9. The summed E-state index contributed by atoms with van der Waals surface area (Å²) in [4.78, 5) is 89.6. The Labute approximate surface area is 283 Å². The molecule has 3 aliphatic rings. The van der Waals surface area contributed by atoms with Crippen molar-refractivity contribution in [3.63, 3.8) is 0 Å². The van der Waals surface area contributed by atoms with Crippen LogP contribution in [0.3, 0.4) is 0 Å². The standard InChI is InChI=1S/C35H53N7O6/c1-20(2)15-22-17-26(32(46)39-24(16-21-11-12-21)28(43)30(36)44)42(19-22)34(48)29(35(3,4)5)41-33(47)27(23-9-7-6-8-10-23)40-31(45)25-18-37-13-14-38-25/h13-14,18,20-24,26-27,29H,6-12,15-17,19H2,1-5H3,(H2,36,44)(H,39,46)(H,40,45)(H,41,47)/t22-,24?,26+,27+,29-/m1/s1. The highest BCUT2D eigenvalue weighted by Gasteiger charge is 2.47. The van der Waals surface area contributed by atoms with Gasteiger partial charge in [0.1, 0.15) is 23.8 Å². The summed E-state index contributed by atoms with van der Waals surface area (Å²) < 4.78 is 0. The Morgan fingerprint density at radius 2 is 1.60 bits per heavy atom. The van der Waals surface area contributed by atoms with E-state index in [1.807, 2.05) is 20.8 Å². The summed E-state index contributed by atoms with van der Waals surface area (Å²) in [6.07, 6.45) is 11.9. The van der Waals surface area contributed by atoms with Crippen LogP contribution < -0.4 is 21.7 Å². The number of aromatic nitrogens is 2. The summed E-state index contributed by atoms with van der Waals surface area (Å²) >= 11 is 0. The second kappa shape index (κ2) is 16.0. The minimum atomic E-state index is -1.10. The van der Waals surface area contributed by atoms with E-state index in [0.717, 1.165) is 51.4 Å². The number of hydrogen-bond donors (Lipinski definition) is 4. The molecule has 13 heteroatoms. The lowest BCUT2D eigenvalue weighted by atomic mass is 9.82. The molecule has 2 saturated carbocycles. The summed E-state index contributed by atoms with van der Waals surface area (Å²) in [6.45, 7) is 10.0. The fourth-order valence-electron chi connectivity index (χ4n) is 7.15. The fourth-order valence-corrected chi connectivity index (χ4v) is 7.15. The number of carbonyl (C=O) groups excluding carboxylic acids is 6. The lowest BCUT2D eigenvalue weighted by molar-refractivity contribution is -0.145. The predicted molar refractivity (Wildman–Crippen MR) is 178 cm³/mol. The highest BCUT2D eigenvalue weighted by Crippen LogP contribution is 2.35. The van der Waals surface area contributed by atoms with Crippen molar-refractivity contribution in [1.82, 2.24) is 30.8 Å². The van der Waals surface area contributed by atoms with Crippen LogP contribution in [0, 0.1) is 29.1 Å². The number of nitrogens with one attached hydrogen (secondary N) is 3. The quantitative estimate of drug-likeness (QED) is 0.217. The van der Waals surface area contributed by atoms with Crippen molar-refractivity contribution in [3.8, 4) is 0 Å². The van der Waals surface area contributed by atoms with Crippen LogP contribution in [0.4, 0.5) is 0 Å². The van der Waals surface area contributed by atoms with Crippen LogP contribution in [-0.4, -0.2) is 80.9 Å². The van der Waals surface area contributed by atoms with E-state index in [1.54, 1.807) is 0 Å². The lowest BCUT2D eigenvalue weighted by Gasteiger charge is -2.37. The van der Waals surface area contributed by atoms with E-state index in [9.17, 15) is 28.8 Å². The molecule has 2 heterocycles. The first-order valence-corrected chi connectivity index (χ1v) is 17.5. The maximum absolute atomic E-state index is 14.5. The van der Waals surface area contributed by atoms with Gasteiger partial charge in [0, 0.05) is 18.9 Å². The smallest absolute Gasteiger partial charge is 0.287 e. The van der Waals surface area contributed by atoms with Crippen molar-refractivity contribution >= 4 is 35.3 Å². The number of rotatable bonds is 14. The highest BCUT2D eigenvalue weighted by molar-refractivity contribution is 6.37. The number of nitrogens with two attached hydrogens (primary N) is 1. The molecule has 4 rings (SSSR count). The van der Waals surface area contributed by atoms with E-state index in [1.165, 1.54) is 23.5 Å². The molecule has 0 radical (unpaired) electrons. The van der Waals surface area contributed by atoms with Gasteiger partial charge in [0.15, 0.2) is 0 Å². The molecule has 1 saturated heterocycles. The molecule has 1 aromatic rings.